The SMILES string of the molecule is O=C(O)C=Cc1ccc(CN2CCOC2=O)cc1. The molecule has 1 aromatic carbocycles. The van der Waals surface area contributed by atoms with Crippen LogP contribution in [0.1, 0.15) is 11.1 Å². The second-order valence-corrected chi connectivity index (χ2v) is 3.95. The number of carboxylic acids is 1. The van der Waals surface area contributed by atoms with Crippen LogP contribution in [0.5, 0.6) is 0 Å². The summed E-state index contributed by atoms with van der Waals surface area (Å²) in [6, 6.07) is 7.37. The van der Waals surface area contributed by atoms with Gasteiger partial charge >= 0.3 is 12.1 Å². The smallest absolute Gasteiger partial charge is 0.410 e. The summed E-state index contributed by atoms with van der Waals surface area (Å²) in [6.07, 6.45) is 2.33. The predicted molar refractivity (Wildman–Crippen MR) is 64.9 cm³/mol. The molecule has 1 amide bonds. The van der Waals surface area contributed by atoms with Crippen LogP contribution in [0.4, 0.5) is 4.79 Å². The minimum absolute atomic E-state index is 0.287. The number of carbonyl (C=O) groups is 2. The van der Waals surface area contributed by atoms with E-state index in [1.54, 1.807) is 4.90 Å². The zero-order chi connectivity index (χ0) is 13.0. The van der Waals surface area contributed by atoms with E-state index in [-0.39, 0.29) is 6.09 Å². The third-order valence-corrected chi connectivity index (χ3v) is 2.62. The maximum absolute atomic E-state index is 11.3. The molecule has 0 aliphatic carbocycles. The lowest BCUT2D eigenvalue weighted by Gasteiger charge is -2.12. The lowest BCUT2D eigenvalue weighted by Crippen LogP contribution is -2.23. The van der Waals surface area contributed by atoms with E-state index in [1.807, 2.05) is 24.3 Å². The van der Waals surface area contributed by atoms with Gasteiger partial charge in [-0.25, -0.2) is 9.59 Å². The van der Waals surface area contributed by atoms with Crippen LogP contribution in [0, 0.1) is 0 Å². The molecule has 0 unspecified atom stereocenters. The van der Waals surface area contributed by atoms with Gasteiger partial charge in [-0.05, 0) is 17.2 Å². The number of hydrogen-bond donors (Lipinski definition) is 1. The van der Waals surface area contributed by atoms with Crippen molar-refractivity contribution in [2.45, 2.75) is 6.54 Å². The van der Waals surface area contributed by atoms with Gasteiger partial charge in [-0.2, -0.15) is 0 Å². The predicted octanol–water partition coefficient (Wildman–Crippen LogP) is 1.74. The number of cyclic esters (lactones) is 1. The van der Waals surface area contributed by atoms with Crippen molar-refractivity contribution in [1.29, 1.82) is 0 Å². The van der Waals surface area contributed by atoms with Crippen molar-refractivity contribution < 1.29 is 19.4 Å². The Morgan fingerprint density at radius 3 is 2.67 bits per heavy atom. The molecule has 1 aromatic rings. The quantitative estimate of drug-likeness (QED) is 0.823. The summed E-state index contributed by atoms with van der Waals surface area (Å²) in [6.45, 7) is 1.57. The molecule has 5 nitrogen and oxygen atoms in total. The number of aliphatic carboxylic acids is 1. The first-order chi connectivity index (χ1) is 8.65. The second-order valence-electron chi connectivity index (χ2n) is 3.95. The molecule has 0 bridgehead atoms. The molecule has 1 aliphatic rings. The average Bonchev–Trinajstić information content (AvgIpc) is 2.74. The third-order valence-electron chi connectivity index (χ3n) is 2.62. The number of nitrogens with zero attached hydrogens (tertiary/aromatic N) is 1. The van der Waals surface area contributed by atoms with Gasteiger partial charge in [-0.15, -0.1) is 0 Å². The van der Waals surface area contributed by atoms with Crippen LogP contribution in [0.15, 0.2) is 30.3 Å². The lowest BCUT2D eigenvalue weighted by molar-refractivity contribution is -0.131. The Kier molecular flexibility index (Phi) is 3.62. The van der Waals surface area contributed by atoms with Crippen molar-refractivity contribution in [1.82, 2.24) is 4.90 Å². The number of carbonyl (C=O) groups excluding carboxylic acids is 1. The fraction of sp³-hybridized carbons (Fsp3) is 0.231. The van der Waals surface area contributed by atoms with Crippen molar-refractivity contribution in [3.8, 4) is 0 Å². The molecule has 1 N–H and O–H groups in total. The van der Waals surface area contributed by atoms with Crippen molar-refractivity contribution in [2.75, 3.05) is 13.2 Å². The molecule has 1 aliphatic heterocycles. The molecule has 18 heavy (non-hydrogen) atoms. The number of ether oxygens (including phenoxy) is 1. The van der Waals surface area contributed by atoms with Crippen molar-refractivity contribution >= 4 is 18.1 Å². The molecule has 1 heterocycles. The summed E-state index contributed by atoms with van der Waals surface area (Å²) >= 11 is 0. The third kappa shape index (κ3) is 3.10. The van der Waals surface area contributed by atoms with E-state index in [0.29, 0.717) is 19.7 Å². The summed E-state index contributed by atoms with van der Waals surface area (Å²) in [4.78, 5) is 23.2. The maximum Gasteiger partial charge on any atom is 0.410 e. The Balaban J connectivity index is 1.99. The second kappa shape index (κ2) is 5.35. The molecule has 0 saturated carbocycles. The molecule has 0 spiro atoms. The van der Waals surface area contributed by atoms with Gasteiger partial charge < -0.3 is 14.7 Å². The summed E-state index contributed by atoms with van der Waals surface area (Å²) in [5, 5.41) is 8.50. The number of carboxylic acid groups (broad SMARTS) is 1. The van der Waals surface area contributed by atoms with Gasteiger partial charge in [0.25, 0.3) is 0 Å². The van der Waals surface area contributed by atoms with E-state index in [4.69, 9.17) is 9.84 Å². The minimum Gasteiger partial charge on any atom is -0.478 e. The Morgan fingerprint density at radius 1 is 1.39 bits per heavy atom. The normalized spacial score (nSPS) is 15.1. The van der Waals surface area contributed by atoms with Crippen LogP contribution >= 0.6 is 0 Å². The first-order valence-electron chi connectivity index (χ1n) is 5.57. The lowest BCUT2D eigenvalue weighted by atomic mass is 10.1. The highest BCUT2D eigenvalue weighted by Gasteiger charge is 2.21. The highest BCUT2D eigenvalue weighted by Crippen LogP contribution is 2.12. The van der Waals surface area contributed by atoms with Gasteiger partial charge in [0.2, 0.25) is 0 Å². The number of rotatable bonds is 4. The van der Waals surface area contributed by atoms with E-state index < -0.39 is 5.97 Å². The largest absolute Gasteiger partial charge is 0.478 e. The number of hydrogen-bond acceptors (Lipinski definition) is 3. The van der Waals surface area contributed by atoms with Gasteiger partial charge in [-0.3, -0.25) is 0 Å². The first kappa shape index (κ1) is 12.2. The molecular weight excluding hydrogens is 234 g/mol. The highest BCUT2D eigenvalue weighted by atomic mass is 16.6. The molecule has 1 fully saturated rings. The van der Waals surface area contributed by atoms with Crippen LogP contribution in [0.25, 0.3) is 6.08 Å². The van der Waals surface area contributed by atoms with Gasteiger partial charge in [0.15, 0.2) is 0 Å². The van der Waals surface area contributed by atoms with E-state index in [1.165, 1.54) is 6.08 Å². The summed E-state index contributed by atoms with van der Waals surface area (Å²) in [5.41, 5.74) is 1.80. The van der Waals surface area contributed by atoms with Crippen LogP contribution in [-0.2, 0) is 16.1 Å². The first-order valence-corrected chi connectivity index (χ1v) is 5.57. The molecular formula is C13H13NO4. The summed E-state index contributed by atoms with van der Waals surface area (Å²) < 4.78 is 4.84. The van der Waals surface area contributed by atoms with Gasteiger partial charge in [0, 0.05) is 12.6 Å². The number of benzene rings is 1. The maximum atomic E-state index is 11.3. The zero-order valence-electron chi connectivity index (χ0n) is 9.70. The Labute approximate surface area is 104 Å². The minimum atomic E-state index is -0.973. The topological polar surface area (TPSA) is 66.8 Å². The van der Waals surface area contributed by atoms with Crippen molar-refractivity contribution in [3.63, 3.8) is 0 Å². The van der Waals surface area contributed by atoms with E-state index in [0.717, 1.165) is 17.2 Å². The molecule has 1 saturated heterocycles. The Hall–Kier alpha value is -2.30. The molecule has 0 radical (unpaired) electrons. The van der Waals surface area contributed by atoms with E-state index in [2.05, 4.69) is 0 Å². The van der Waals surface area contributed by atoms with Crippen molar-refractivity contribution in [3.05, 3.63) is 41.5 Å². The van der Waals surface area contributed by atoms with Gasteiger partial charge in [0.05, 0.1) is 6.54 Å². The van der Waals surface area contributed by atoms with E-state index >= 15 is 0 Å². The molecule has 2 rings (SSSR count). The summed E-state index contributed by atoms with van der Waals surface area (Å²) in [7, 11) is 0. The average molecular weight is 247 g/mol. The molecule has 5 heteroatoms. The monoisotopic (exact) mass is 247 g/mol. The number of amides is 1. The van der Waals surface area contributed by atoms with Crippen LogP contribution in [-0.4, -0.2) is 35.2 Å². The van der Waals surface area contributed by atoms with Crippen LogP contribution < -0.4 is 0 Å². The standard InChI is InChI=1S/C13H13NO4/c15-12(16)6-5-10-1-3-11(4-2-10)9-14-7-8-18-13(14)17/h1-6H,7-9H2,(H,15,16). The highest BCUT2D eigenvalue weighted by molar-refractivity contribution is 5.85. The van der Waals surface area contributed by atoms with Gasteiger partial charge in [-0.1, -0.05) is 24.3 Å². The van der Waals surface area contributed by atoms with Gasteiger partial charge in [0.1, 0.15) is 6.61 Å². The fourth-order valence-corrected chi connectivity index (χ4v) is 1.69. The zero-order valence-corrected chi connectivity index (χ0v) is 9.70. The molecule has 94 valence electrons. The van der Waals surface area contributed by atoms with E-state index in [9.17, 15) is 9.59 Å². The van der Waals surface area contributed by atoms with Crippen LogP contribution in [0.2, 0.25) is 0 Å². The molecule has 0 atom stereocenters. The Morgan fingerprint density at radius 2 is 2.11 bits per heavy atom. The fourth-order valence-electron chi connectivity index (χ4n) is 1.69. The Bertz CT molecular complexity index is 478. The van der Waals surface area contributed by atoms with Crippen LogP contribution in [0.3, 0.4) is 0 Å². The van der Waals surface area contributed by atoms with Crippen molar-refractivity contribution in [2.24, 2.45) is 0 Å². The molecule has 0 aromatic heterocycles. The summed E-state index contributed by atoms with van der Waals surface area (Å²) in [5.74, 6) is -0.973.